The molecule has 106 valence electrons. The molecule has 1 heterocycles. The lowest BCUT2D eigenvalue weighted by atomic mass is 10.2. The molecule has 0 amide bonds. The van der Waals surface area contributed by atoms with Crippen molar-refractivity contribution < 1.29 is 14.3 Å². The fraction of sp³-hybridized carbons (Fsp3) is 0.125. The SMILES string of the molecule is CCOc1cccc(-c2nc3ccc(O)cc3c(=O)o2)c1. The Morgan fingerprint density at radius 3 is 2.90 bits per heavy atom. The second kappa shape index (κ2) is 5.28. The molecule has 3 rings (SSSR count). The number of aromatic nitrogens is 1. The smallest absolute Gasteiger partial charge is 0.347 e. The molecule has 0 aliphatic heterocycles. The summed E-state index contributed by atoms with van der Waals surface area (Å²) in [6.45, 7) is 2.45. The van der Waals surface area contributed by atoms with E-state index in [2.05, 4.69) is 4.98 Å². The average molecular weight is 283 g/mol. The molecule has 5 nitrogen and oxygen atoms in total. The van der Waals surface area contributed by atoms with Crippen molar-refractivity contribution in [2.75, 3.05) is 6.61 Å². The molecule has 21 heavy (non-hydrogen) atoms. The van der Waals surface area contributed by atoms with E-state index in [1.165, 1.54) is 12.1 Å². The van der Waals surface area contributed by atoms with E-state index < -0.39 is 5.63 Å². The van der Waals surface area contributed by atoms with Gasteiger partial charge in [-0.05, 0) is 43.3 Å². The van der Waals surface area contributed by atoms with Gasteiger partial charge < -0.3 is 14.3 Å². The van der Waals surface area contributed by atoms with Crippen molar-refractivity contribution in [2.24, 2.45) is 0 Å². The van der Waals surface area contributed by atoms with Crippen molar-refractivity contribution in [1.29, 1.82) is 0 Å². The quantitative estimate of drug-likeness (QED) is 0.800. The average Bonchev–Trinajstić information content (AvgIpc) is 2.48. The first-order valence-corrected chi connectivity index (χ1v) is 6.54. The van der Waals surface area contributed by atoms with Crippen molar-refractivity contribution in [2.45, 2.75) is 6.92 Å². The number of phenolic OH excluding ortho intramolecular Hbond substituents is 1. The Bertz CT molecular complexity index is 854. The Hall–Kier alpha value is -2.82. The monoisotopic (exact) mass is 283 g/mol. The van der Waals surface area contributed by atoms with E-state index in [-0.39, 0.29) is 17.0 Å². The van der Waals surface area contributed by atoms with E-state index in [9.17, 15) is 9.90 Å². The van der Waals surface area contributed by atoms with E-state index in [0.29, 0.717) is 23.4 Å². The maximum atomic E-state index is 12.0. The highest BCUT2D eigenvalue weighted by Gasteiger charge is 2.10. The zero-order valence-electron chi connectivity index (χ0n) is 11.4. The molecular weight excluding hydrogens is 270 g/mol. The lowest BCUT2D eigenvalue weighted by Gasteiger charge is -2.05. The molecule has 0 spiro atoms. The minimum absolute atomic E-state index is 0.00249. The molecule has 0 saturated carbocycles. The van der Waals surface area contributed by atoms with Gasteiger partial charge in [0.15, 0.2) is 0 Å². The van der Waals surface area contributed by atoms with Gasteiger partial charge in [-0.3, -0.25) is 0 Å². The molecule has 0 radical (unpaired) electrons. The van der Waals surface area contributed by atoms with Gasteiger partial charge in [0.1, 0.15) is 11.5 Å². The predicted molar refractivity (Wildman–Crippen MR) is 78.5 cm³/mol. The summed E-state index contributed by atoms with van der Waals surface area (Å²) in [5.74, 6) is 0.910. The van der Waals surface area contributed by atoms with Crippen LogP contribution < -0.4 is 10.4 Å². The molecule has 0 aliphatic carbocycles. The van der Waals surface area contributed by atoms with Gasteiger partial charge in [-0.15, -0.1) is 0 Å². The van der Waals surface area contributed by atoms with Crippen molar-refractivity contribution >= 4 is 10.9 Å². The summed E-state index contributed by atoms with van der Waals surface area (Å²) in [7, 11) is 0. The maximum absolute atomic E-state index is 12.0. The van der Waals surface area contributed by atoms with Gasteiger partial charge in [0.05, 0.1) is 17.5 Å². The summed E-state index contributed by atoms with van der Waals surface area (Å²) >= 11 is 0. The summed E-state index contributed by atoms with van der Waals surface area (Å²) in [5, 5.41) is 9.66. The fourth-order valence-corrected chi connectivity index (χ4v) is 2.07. The van der Waals surface area contributed by atoms with Crippen molar-refractivity contribution in [3.05, 3.63) is 52.9 Å². The minimum atomic E-state index is -0.535. The van der Waals surface area contributed by atoms with Gasteiger partial charge in [-0.2, -0.15) is 0 Å². The lowest BCUT2D eigenvalue weighted by molar-refractivity contribution is 0.340. The van der Waals surface area contributed by atoms with Crippen molar-refractivity contribution in [1.82, 2.24) is 4.98 Å². The topological polar surface area (TPSA) is 72.6 Å². The van der Waals surface area contributed by atoms with Crippen LogP contribution in [-0.4, -0.2) is 16.7 Å². The molecule has 0 saturated heterocycles. The van der Waals surface area contributed by atoms with Crippen LogP contribution in [0.1, 0.15) is 6.92 Å². The van der Waals surface area contributed by atoms with Gasteiger partial charge >= 0.3 is 5.63 Å². The molecule has 5 heteroatoms. The second-order valence-electron chi connectivity index (χ2n) is 4.47. The highest BCUT2D eigenvalue weighted by molar-refractivity contribution is 5.80. The molecule has 0 unspecified atom stereocenters. The van der Waals surface area contributed by atoms with Gasteiger partial charge in [0, 0.05) is 5.56 Å². The van der Waals surface area contributed by atoms with E-state index >= 15 is 0 Å². The van der Waals surface area contributed by atoms with Gasteiger partial charge in [-0.1, -0.05) is 6.07 Å². The van der Waals surface area contributed by atoms with Crippen LogP contribution in [0.15, 0.2) is 51.7 Å². The lowest BCUT2D eigenvalue weighted by Crippen LogP contribution is -2.03. The molecule has 1 aromatic heterocycles. The number of fused-ring (bicyclic) bond motifs is 1. The third-order valence-corrected chi connectivity index (χ3v) is 3.00. The number of benzene rings is 2. The first-order valence-electron chi connectivity index (χ1n) is 6.54. The standard InChI is InChI=1S/C16H13NO4/c1-2-20-12-5-3-4-10(8-12)15-17-14-7-6-11(18)9-13(14)16(19)21-15/h3-9,18H,2H2,1H3. The fourth-order valence-electron chi connectivity index (χ4n) is 2.07. The molecule has 0 bridgehead atoms. The van der Waals surface area contributed by atoms with Crippen LogP contribution in [0.2, 0.25) is 0 Å². The summed E-state index contributed by atoms with van der Waals surface area (Å²) in [6.07, 6.45) is 0. The van der Waals surface area contributed by atoms with Crippen LogP contribution in [0.4, 0.5) is 0 Å². The Balaban J connectivity index is 2.15. The van der Waals surface area contributed by atoms with Crippen LogP contribution >= 0.6 is 0 Å². The normalized spacial score (nSPS) is 10.7. The van der Waals surface area contributed by atoms with Crippen LogP contribution in [-0.2, 0) is 0 Å². The molecule has 1 N–H and O–H groups in total. The van der Waals surface area contributed by atoms with E-state index in [1.54, 1.807) is 18.2 Å². The summed E-state index contributed by atoms with van der Waals surface area (Å²) in [6, 6.07) is 11.6. The number of nitrogens with zero attached hydrogens (tertiary/aromatic N) is 1. The molecule has 0 atom stereocenters. The molecule has 3 aromatic rings. The first kappa shape index (κ1) is 13.2. The van der Waals surface area contributed by atoms with Crippen molar-refractivity contribution in [3.8, 4) is 23.0 Å². The third-order valence-electron chi connectivity index (χ3n) is 3.00. The Labute approximate surface area is 120 Å². The largest absolute Gasteiger partial charge is 0.508 e. The third kappa shape index (κ3) is 2.58. The number of ether oxygens (including phenoxy) is 1. The van der Waals surface area contributed by atoms with Crippen molar-refractivity contribution in [3.63, 3.8) is 0 Å². The summed E-state index contributed by atoms with van der Waals surface area (Å²) < 4.78 is 10.7. The second-order valence-corrected chi connectivity index (χ2v) is 4.47. The van der Waals surface area contributed by atoms with E-state index in [4.69, 9.17) is 9.15 Å². The van der Waals surface area contributed by atoms with E-state index in [0.717, 1.165) is 0 Å². The molecule has 0 aliphatic rings. The molecular formula is C16H13NO4. The zero-order valence-corrected chi connectivity index (χ0v) is 11.4. The number of phenols is 1. The highest BCUT2D eigenvalue weighted by atomic mass is 16.5. The zero-order chi connectivity index (χ0) is 14.8. The summed E-state index contributed by atoms with van der Waals surface area (Å²) in [4.78, 5) is 16.3. The number of hydrogen-bond donors (Lipinski definition) is 1. The van der Waals surface area contributed by atoms with Crippen LogP contribution in [0.25, 0.3) is 22.4 Å². The highest BCUT2D eigenvalue weighted by Crippen LogP contribution is 2.24. The number of rotatable bonds is 3. The molecule has 2 aromatic carbocycles. The van der Waals surface area contributed by atoms with Crippen LogP contribution in [0.5, 0.6) is 11.5 Å². The van der Waals surface area contributed by atoms with Gasteiger partial charge in [0.25, 0.3) is 0 Å². The number of aromatic hydroxyl groups is 1. The first-order chi connectivity index (χ1) is 10.2. The Kier molecular flexibility index (Phi) is 3.31. The predicted octanol–water partition coefficient (Wildman–Crippen LogP) is 2.96. The van der Waals surface area contributed by atoms with Gasteiger partial charge in [0.2, 0.25) is 5.89 Å². The summed E-state index contributed by atoms with van der Waals surface area (Å²) in [5.41, 5.74) is 0.599. The number of hydrogen-bond acceptors (Lipinski definition) is 5. The molecule has 0 fully saturated rings. The maximum Gasteiger partial charge on any atom is 0.347 e. The van der Waals surface area contributed by atoms with E-state index in [1.807, 2.05) is 19.1 Å². The Morgan fingerprint density at radius 2 is 2.10 bits per heavy atom. The van der Waals surface area contributed by atoms with Crippen LogP contribution in [0.3, 0.4) is 0 Å². The van der Waals surface area contributed by atoms with Gasteiger partial charge in [-0.25, -0.2) is 9.78 Å². The van der Waals surface area contributed by atoms with Crippen LogP contribution in [0, 0.1) is 0 Å². The Morgan fingerprint density at radius 1 is 1.24 bits per heavy atom. The minimum Gasteiger partial charge on any atom is -0.508 e.